The van der Waals surface area contributed by atoms with Crippen molar-refractivity contribution in [2.75, 3.05) is 0 Å². The van der Waals surface area contributed by atoms with E-state index in [-0.39, 0.29) is 4.90 Å². The van der Waals surface area contributed by atoms with Crippen LogP contribution in [0.1, 0.15) is 11.8 Å². The van der Waals surface area contributed by atoms with E-state index in [1.165, 1.54) is 18.3 Å². The first kappa shape index (κ1) is 15.2. The van der Waals surface area contributed by atoms with Crippen molar-refractivity contribution in [1.29, 1.82) is 0 Å². The van der Waals surface area contributed by atoms with Crippen molar-refractivity contribution in [3.05, 3.63) is 28.1 Å². The predicted molar refractivity (Wildman–Crippen MR) is 79.0 cm³/mol. The Balaban J connectivity index is 2.59. The van der Waals surface area contributed by atoms with Crippen LogP contribution in [0, 0.1) is 6.92 Å². The summed E-state index contributed by atoms with van der Waals surface area (Å²) in [6, 6.07) is 3.80. The van der Waals surface area contributed by atoms with Gasteiger partial charge in [0.2, 0.25) is 10.0 Å². The molecule has 1 atom stereocenters. The molecule has 0 unspecified atom stereocenters. The molecule has 0 saturated carbocycles. The molecular formula is C12H12ClNO4S2. The van der Waals surface area contributed by atoms with Gasteiger partial charge in [-0.1, -0.05) is 11.6 Å². The molecule has 20 heavy (non-hydrogen) atoms. The molecule has 0 spiro atoms. The van der Waals surface area contributed by atoms with Gasteiger partial charge in [0.25, 0.3) is 0 Å². The van der Waals surface area contributed by atoms with Gasteiger partial charge in [0.1, 0.15) is 10.9 Å². The molecule has 0 amide bonds. The normalized spacial score (nSPS) is 13.6. The standard InChI is InChI=1S/C12H12ClNO4S2/c1-6(12(15)16)14-20(17,18)11-7(2)19-10-4-3-8(13)5-9(10)11/h3-6,14H,1-2H3,(H,15,16)/t6-/m0/s1. The SMILES string of the molecule is Cc1sc2ccc(Cl)cc2c1S(=O)(=O)N[C@@H](C)C(=O)O. The topological polar surface area (TPSA) is 83.5 Å². The molecule has 1 aromatic carbocycles. The zero-order valence-corrected chi connectivity index (χ0v) is 13.1. The van der Waals surface area contributed by atoms with E-state index in [1.807, 2.05) is 0 Å². The van der Waals surface area contributed by atoms with E-state index in [2.05, 4.69) is 4.72 Å². The number of carboxylic acid groups (broad SMARTS) is 1. The third kappa shape index (κ3) is 2.80. The van der Waals surface area contributed by atoms with Gasteiger partial charge in [-0.25, -0.2) is 8.42 Å². The minimum absolute atomic E-state index is 0.0908. The number of hydrogen-bond acceptors (Lipinski definition) is 4. The van der Waals surface area contributed by atoms with Crippen LogP contribution in [0.25, 0.3) is 10.1 Å². The number of thiophene rings is 1. The first-order valence-electron chi connectivity index (χ1n) is 5.66. The maximum atomic E-state index is 12.3. The molecule has 108 valence electrons. The fourth-order valence-electron chi connectivity index (χ4n) is 1.85. The van der Waals surface area contributed by atoms with Gasteiger partial charge in [-0.2, -0.15) is 4.72 Å². The number of nitrogens with one attached hydrogen (secondary N) is 1. The highest BCUT2D eigenvalue weighted by atomic mass is 35.5. The van der Waals surface area contributed by atoms with Crippen LogP contribution < -0.4 is 4.72 Å². The van der Waals surface area contributed by atoms with Crippen LogP contribution >= 0.6 is 22.9 Å². The van der Waals surface area contributed by atoms with Gasteiger partial charge < -0.3 is 5.11 Å². The maximum absolute atomic E-state index is 12.3. The van der Waals surface area contributed by atoms with Crippen molar-refractivity contribution < 1.29 is 18.3 Å². The van der Waals surface area contributed by atoms with Crippen LogP contribution in [0.2, 0.25) is 5.02 Å². The van der Waals surface area contributed by atoms with Crippen molar-refractivity contribution in [2.24, 2.45) is 0 Å². The van der Waals surface area contributed by atoms with Crippen LogP contribution in [0.4, 0.5) is 0 Å². The second kappa shape index (κ2) is 5.33. The number of halogens is 1. The summed E-state index contributed by atoms with van der Waals surface area (Å²) in [5, 5.41) is 9.76. The maximum Gasteiger partial charge on any atom is 0.321 e. The number of aryl methyl sites for hydroxylation is 1. The van der Waals surface area contributed by atoms with Gasteiger partial charge in [-0.05, 0) is 32.0 Å². The summed E-state index contributed by atoms with van der Waals surface area (Å²) in [6.07, 6.45) is 0. The van der Waals surface area contributed by atoms with E-state index in [1.54, 1.807) is 25.1 Å². The largest absolute Gasteiger partial charge is 0.480 e. The molecular weight excluding hydrogens is 322 g/mol. The first-order valence-corrected chi connectivity index (χ1v) is 8.34. The molecule has 1 aromatic heterocycles. The minimum atomic E-state index is -3.91. The quantitative estimate of drug-likeness (QED) is 0.900. The van der Waals surface area contributed by atoms with Crippen molar-refractivity contribution in [2.45, 2.75) is 24.8 Å². The number of hydrogen-bond donors (Lipinski definition) is 2. The molecule has 0 radical (unpaired) electrons. The van der Waals surface area contributed by atoms with Crippen LogP contribution in [0.5, 0.6) is 0 Å². The van der Waals surface area contributed by atoms with Crippen LogP contribution in [-0.4, -0.2) is 25.5 Å². The van der Waals surface area contributed by atoms with Crippen molar-refractivity contribution in [1.82, 2.24) is 4.72 Å². The molecule has 1 heterocycles. The zero-order valence-electron chi connectivity index (χ0n) is 10.7. The van der Waals surface area contributed by atoms with Crippen LogP contribution in [0.3, 0.4) is 0 Å². The fourth-order valence-corrected chi connectivity index (χ4v) is 5.00. The number of carboxylic acids is 1. The molecule has 0 aliphatic heterocycles. The summed E-state index contributed by atoms with van der Waals surface area (Å²) in [7, 11) is -3.91. The molecule has 2 aromatic rings. The molecule has 2 rings (SSSR count). The van der Waals surface area contributed by atoms with E-state index in [0.717, 1.165) is 4.70 Å². The van der Waals surface area contributed by atoms with E-state index >= 15 is 0 Å². The van der Waals surface area contributed by atoms with Gasteiger partial charge in [0.15, 0.2) is 0 Å². The summed E-state index contributed by atoms with van der Waals surface area (Å²) in [5.41, 5.74) is 0. The van der Waals surface area contributed by atoms with Crippen LogP contribution in [0.15, 0.2) is 23.1 Å². The number of rotatable bonds is 4. The molecule has 5 nitrogen and oxygen atoms in total. The van der Waals surface area contributed by atoms with E-state index in [9.17, 15) is 13.2 Å². The van der Waals surface area contributed by atoms with Gasteiger partial charge in [-0.15, -0.1) is 11.3 Å². The Morgan fingerprint density at radius 2 is 2.10 bits per heavy atom. The third-order valence-electron chi connectivity index (χ3n) is 2.74. The molecule has 0 aliphatic rings. The molecule has 0 saturated heterocycles. The average molecular weight is 334 g/mol. The van der Waals surface area contributed by atoms with Crippen LogP contribution in [-0.2, 0) is 14.8 Å². The summed E-state index contributed by atoms with van der Waals surface area (Å²) in [5.74, 6) is -1.23. The minimum Gasteiger partial charge on any atom is -0.480 e. The summed E-state index contributed by atoms with van der Waals surface area (Å²) in [4.78, 5) is 11.5. The van der Waals surface area contributed by atoms with Gasteiger partial charge >= 0.3 is 5.97 Å². The Morgan fingerprint density at radius 3 is 2.70 bits per heavy atom. The first-order chi connectivity index (χ1) is 9.22. The summed E-state index contributed by atoms with van der Waals surface area (Å²) >= 11 is 7.23. The Labute approximate surface area is 125 Å². The lowest BCUT2D eigenvalue weighted by atomic mass is 10.2. The lowest BCUT2D eigenvalue weighted by molar-refractivity contribution is -0.138. The molecule has 2 N–H and O–H groups in total. The van der Waals surface area contributed by atoms with Gasteiger partial charge in [-0.3, -0.25) is 4.79 Å². The van der Waals surface area contributed by atoms with Crippen molar-refractivity contribution >= 4 is 49.0 Å². The van der Waals surface area contributed by atoms with Crippen molar-refractivity contribution in [3.8, 4) is 0 Å². The second-order valence-electron chi connectivity index (χ2n) is 4.31. The predicted octanol–water partition coefficient (Wildman–Crippen LogP) is 2.61. The summed E-state index contributed by atoms with van der Waals surface area (Å²) < 4.78 is 27.6. The monoisotopic (exact) mass is 333 g/mol. The summed E-state index contributed by atoms with van der Waals surface area (Å²) in [6.45, 7) is 2.95. The highest BCUT2D eigenvalue weighted by Crippen LogP contribution is 2.35. The molecule has 8 heteroatoms. The van der Waals surface area contributed by atoms with Gasteiger partial charge in [0.05, 0.1) is 0 Å². The number of carbonyl (C=O) groups is 1. The lowest BCUT2D eigenvalue weighted by Gasteiger charge is -2.10. The highest BCUT2D eigenvalue weighted by Gasteiger charge is 2.26. The van der Waals surface area contributed by atoms with E-state index < -0.39 is 22.0 Å². The Morgan fingerprint density at radius 1 is 1.45 bits per heavy atom. The van der Waals surface area contributed by atoms with Crippen molar-refractivity contribution in [3.63, 3.8) is 0 Å². The smallest absolute Gasteiger partial charge is 0.321 e. The Kier molecular flexibility index (Phi) is 4.06. The third-order valence-corrected chi connectivity index (χ3v) is 5.92. The average Bonchev–Trinajstić information content (AvgIpc) is 2.64. The zero-order chi connectivity index (χ0) is 15.1. The Hall–Kier alpha value is -1.15. The van der Waals surface area contributed by atoms with E-state index in [4.69, 9.17) is 16.7 Å². The highest BCUT2D eigenvalue weighted by molar-refractivity contribution is 7.90. The Bertz CT molecular complexity index is 782. The number of sulfonamides is 1. The molecule has 0 fully saturated rings. The second-order valence-corrected chi connectivity index (χ2v) is 7.65. The van der Waals surface area contributed by atoms with E-state index in [0.29, 0.717) is 15.3 Å². The molecule has 0 bridgehead atoms. The number of fused-ring (bicyclic) bond motifs is 1. The lowest BCUT2D eigenvalue weighted by Crippen LogP contribution is -2.38. The van der Waals surface area contributed by atoms with Gasteiger partial charge in [0, 0.05) is 20.0 Å². The molecule has 0 aliphatic carbocycles. The number of aliphatic carboxylic acids is 1. The number of benzene rings is 1. The fraction of sp³-hybridized carbons (Fsp3) is 0.250.